The van der Waals surface area contributed by atoms with Crippen molar-refractivity contribution in [2.45, 2.75) is 34.1 Å². The van der Waals surface area contributed by atoms with Gasteiger partial charge in [-0.15, -0.1) is 11.3 Å². The van der Waals surface area contributed by atoms with Crippen molar-refractivity contribution in [3.8, 4) is 0 Å². The van der Waals surface area contributed by atoms with Crippen LogP contribution in [0.1, 0.15) is 37.5 Å². The van der Waals surface area contributed by atoms with E-state index in [4.69, 9.17) is 5.73 Å². The molecule has 4 nitrogen and oxygen atoms in total. The fourth-order valence-electron chi connectivity index (χ4n) is 2.35. The van der Waals surface area contributed by atoms with Crippen molar-refractivity contribution in [2.24, 2.45) is 5.73 Å². The van der Waals surface area contributed by atoms with E-state index in [0.717, 1.165) is 27.1 Å². The molecule has 0 unspecified atom stereocenters. The molecule has 2 amide bonds. The van der Waals surface area contributed by atoms with Gasteiger partial charge < -0.3 is 11.1 Å². The van der Waals surface area contributed by atoms with Gasteiger partial charge in [-0.25, -0.2) is 0 Å². The molecule has 0 saturated carbocycles. The van der Waals surface area contributed by atoms with Crippen molar-refractivity contribution in [1.29, 1.82) is 0 Å². The van der Waals surface area contributed by atoms with Gasteiger partial charge in [-0.05, 0) is 44.4 Å². The fraction of sp³-hybridized carbons (Fsp3) is 0.294. The lowest BCUT2D eigenvalue weighted by Gasteiger charge is -2.08. The number of carbonyl (C=O) groups is 2. The monoisotopic (exact) mass is 316 g/mol. The Bertz CT molecular complexity index is 747. The molecular formula is C17H20N2O2S. The third kappa shape index (κ3) is 3.36. The van der Waals surface area contributed by atoms with Crippen LogP contribution in [0.25, 0.3) is 0 Å². The molecule has 0 spiro atoms. The first kappa shape index (κ1) is 16.2. The molecule has 1 aromatic carbocycles. The van der Waals surface area contributed by atoms with Crippen molar-refractivity contribution in [3.63, 3.8) is 0 Å². The summed E-state index contributed by atoms with van der Waals surface area (Å²) in [5.74, 6) is -0.652. The van der Waals surface area contributed by atoms with Crippen LogP contribution in [0.2, 0.25) is 0 Å². The molecule has 22 heavy (non-hydrogen) atoms. The van der Waals surface area contributed by atoms with Gasteiger partial charge in [-0.2, -0.15) is 0 Å². The standard InChI is InChI=1S/C17H20N2O2S/c1-9-5-6-10(2)13(7-9)8-14(20)19-17-15(16(18)21)11(3)12(4)22-17/h5-7H,8H2,1-4H3,(H2,18,21)(H,19,20). The van der Waals surface area contributed by atoms with Gasteiger partial charge in [-0.3, -0.25) is 9.59 Å². The van der Waals surface area contributed by atoms with E-state index in [1.807, 2.05) is 45.9 Å². The third-order valence-corrected chi connectivity index (χ3v) is 4.86. The first-order valence-corrected chi connectivity index (χ1v) is 7.87. The van der Waals surface area contributed by atoms with Crippen LogP contribution in [0.4, 0.5) is 5.00 Å². The van der Waals surface area contributed by atoms with Gasteiger partial charge in [0, 0.05) is 4.88 Å². The largest absolute Gasteiger partial charge is 0.365 e. The number of primary amides is 1. The first-order valence-electron chi connectivity index (χ1n) is 7.05. The molecule has 1 heterocycles. The second kappa shape index (κ2) is 6.32. The molecule has 5 heteroatoms. The van der Waals surface area contributed by atoms with Crippen molar-refractivity contribution < 1.29 is 9.59 Å². The van der Waals surface area contributed by atoms with E-state index in [9.17, 15) is 9.59 Å². The number of amides is 2. The minimum atomic E-state index is -0.510. The highest BCUT2D eigenvalue weighted by molar-refractivity contribution is 7.16. The highest BCUT2D eigenvalue weighted by atomic mass is 32.1. The third-order valence-electron chi connectivity index (χ3n) is 3.74. The molecule has 2 aromatic rings. The molecule has 0 fully saturated rings. The number of anilines is 1. The number of nitrogens with two attached hydrogens (primary N) is 1. The molecule has 0 aliphatic rings. The summed E-state index contributed by atoms with van der Waals surface area (Å²) in [5, 5.41) is 3.37. The Balaban J connectivity index is 2.21. The highest BCUT2D eigenvalue weighted by Crippen LogP contribution is 2.32. The van der Waals surface area contributed by atoms with Crippen LogP contribution in [0.3, 0.4) is 0 Å². The van der Waals surface area contributed by atoms with E-state index in [2.05, 4.69) is 5.32 Å². The summed E-state index contributed by atoms with van der Waals surface area (Å²) in [6, 6.07) is 6.04. The second-order valence-electron chi connectivity index (χ2n) is 5.51. The molecule has 0 aliphatic heterocycles. The highest BCUT2D eigenvalue weighted by Gasteiger charge is 2.19. The molecule has 0 aliphatic carbocycles. The van der Waals surface area contributed by atoms with Crippen LogP contribution < -0.4 is 11.1 Å². The molecule has 0 atom stereocenters. The number of hydrogen-bond donors (Lipinski definition) is 2. The van der Waals surface area contributed by atoms with E-state index in [-0.39, 0.29) is 12.3 Å². The number of hydrogen-bond acceptors (Lipinski definition) is 3. The summed E-state index contributed by atoms with van der Waals surface area (Å²) >= 11 is 1.38. The summed E-state index contributed by atoms with van der Waals surface area (Å²) in [7, 11) is 0. The number of nitrogens with one attached hydrogen (secondary N) is 1. The molecule has 1 aromatic heterocycles. The average Bonchev–Trinajstić information content (AvgIpc) is 2.69. The van der Waals surface area contributed by atoms with Gasteiger partial charge in [0.25, 0.3) is 5.91 Å². The quantitative estimate of drug-likeness (QED) is 0.908. The van der Waals surface area contributed by atoms with E-state index in [0.29, 0.717) is 10.6 Å². The second-order valence-corrected chi connectivity index (χ2v) is 6.73. The molecular weight excluding hydrogens is 296 g/mol. The van der Waals surface area contributed by atoms with Crippen molar-refractivity contribution in [1.82, 2.24) is 0 Å². The number of aryl methyl sites for hydroxylation is 3. The lowest BCUT2D eigenvalue weighted by Crippen LogP contribution is -2.19. The number of carbonyl (C=O) groups excluding carboxylic acids is 2. The van der Waals surface area contributed by atoms with Crippen molar-refractivity contribution in [3.05, 3.63) is 50.9 Å². The van der Waals surface area contributed by atoms with E-state index < -0.39 is 5.91 Å². The number of thiophene rings is 1. The Morgan fingerprint density at radius 1 is 1.18 bits per heavy atom. The maximum Gasteiger partial charge on any atom is 0.251 e. The lowest BCUT2D eigenvalue weighted by atomic mass is 10.0. The Hall–Kier alpha value is -2.14. The molecule has 0 saturated heterocycles. The zero-order chi connectivity index (χ0) is 16.4. The average molecular weight is 316 g/mol. The maximum atomic E-state index is 12.3. The molecule has 116 valence electrons. The van der Waals surface area contributed by atoms with Gasteiger partial charge >= 0.3 is 0 Å². The summed E-state index contributed by atoms with van der Waals surface area (Å²) < 4.78 is 0. The van der Waals surface area contributed by atoms with Crippen LogP contribution in [-0.4, -0.2) is 11.8 Å². The van der Waals surface area contributed by atoms with Crippen LogP contribution in [0.5, 0.6) is 0 Å². The zero-order valence-corrected chi connectivity index (χ0v) is 14.1. The topological polar surface area (TPSA) is 72.2 Å². The van der Waals surface area contributed by atoms with Crippen LogP contribution in [-0.2, 0) is 11.2 Å². The van der Waals surface area contributed by atoms with Crippen LogP contribution >= 0.6 is 11.3 Å². The van der Waals surface area contributed by atoms with E-state index in [1.54, 1.807) is 0 Å². The Kier molecular flexibility index (Phi) is 4.66. The van der Waals surface area contributed by atoms with Gasteiger partial charge in [0.1, 0.15) is 5.00 Å². The van der Waals surface area contributed by atoms with E-state index >= 15 is 0 Å². The summed E-state index contributed by atoms with van der Waals surface area (Å²) in [6.45, 7) is 7.73. The van der Waals surface area contributed by atoms with Crippen LogP contribution in [0, 0.1) is 27.7 Å². The smallest absolute Gasteiger partial charge is 0.251 e. The molecule has 0 radical (unpaired) electrons. The van der Waals surface area contributed by atoms with Crippen molar-refractivity contribution >= 4 is 28.2 Å². The van der Waals surface area contributed by atoms with E-state index in [1.165, 1.54) is 11.3 Å². The predicted octanol–water partition coefficient (Wildman–Crippen LogP) is 3.26. The minimum Gasteiger partial charge on any atom is -0.365 e. The van der Waals surface area contributed by atoms with Gasteiger partial charge in [0.15, 0.2) is 0 Å². The SMILES string of the molecule is Cc1ccc(C)c(CC(=O)Nc2sc(C)c(C)c2C(N)=O)c1. The van der Waals surface area contributed by atoms with Gasteiger partial charge in [0.2, 0.25) is 5.91 Å². The number of rotatable bonds is 4. The Morgan fingerprint density at radius 3 is 2.50 bits per heavy atom. The fourth-order valence-corrected chi connectivity index (χ4v) is 3.43. The van der Waals surface area contributed by atoms with Gasteiger partial charge in [-0.1, -0.05) is 23.8 Å². The van der Waals surface area contributed by atoms with Crippen molar-refractivity contribution in [2.75, 3.05) is 5.32 Å². The predicted molar refractivity (Wildman–Crippen MR) is 90.6 cm³/mol. The van der Waals surface area contributed by atoms with Crippen LogP contribution in [0.15, 0.2) is 18.2 Å². The maximum absolute atomic E-state index is 12.3. The zero-order valence-electron chi connectivity index (χ0n) is 13.2. The minimum absolute atomic E-state index is 0.141. The Morgan fingerprint density at radius 2 is 1.86 bits per heavy atom. The summed E-state index contributed by atoms with van der Waals surface area (Å²) in [4.78, 5) is 24.8. The Labute approximate surface area is 134 Å². The number of benzene rings is 1. The van der Waals surface area contributed by atoms with Gasteiger partial charge in [0.05, 0.1) is 12.0 Å². The first-order chi connectivity index (χ1) is 10.3. The summed E-state index contributed by atoms with van der Waals surface area (Å²) in [5.41, 5.74) is 9.85. The summed E-state index contributed by atoms with van der Waals surface area (Å²) in [6.07, 6.45) is 0.279. The lowest BCUT2D eigenvalue weighted by molar-refractivity contribution is -0.115. The normalized spacial score (nSPS) is 10.5. The molecule has 0 bridgehead atoms. The molecule has 3 N–H and O–H groups in total. The molecule has 2 rings (SSSR count).